The van der Waals surface area contributed by atoms with Crippen LogP contribution in [0.3, 0.4) is 0 Å². The zero-order valence-electron chi connectivity index (χ0n) is 16.3. The van der Waals surface area contributed by atoms with Crippen molar-refractivity contribution in [3.63, 3.8) is 0 Å². The second-order valence-electron chi connectivity index (χ2n) is 7.77. The fourth-order valence-corrected chi connectivity index (χ4v) is 5.88. The molecule has 0 radical (unpaired) electrons. The summed E-state index contributed by atoms with van der Waals surface area (Å²) in [7, 11) is 3.91. The molecule has 0 spiro atoms. The maximum absolute atomic E-state index is 13.1. The van der Waals surface area contributed by atoms with Crippen molar-refractivity contribution in [1.29, 1.82) is 0 Å². The van der Waals surface area contributed by atoms with Gasteiger partial charge in [-0.3, -0.25) is 4.39 Å². The Kier molecular flexibility index (Phi) is 15.3. The predicted molar refractivity (Wildman–Crippen MR) is 110 cm³/mol. The highest BCUT2D eigenvalue weighted by atomic mass is 33.1. The lowest BCUT2D eigenvalue weighted by molar-refractivity contribution is 0.359. The van der Waals surface area contributed by atoms with Gasteiger partial charge in [-0.05, 0) is 25.2 Å². The molecule has 3 heteroatoms. The molecule has 0 saturated carbocycles. The monoisotopic (exact) mass is 364 g/mol. The lowest BCUT2D eigenvalue weighted by Gasteiger charge is -2.28. The van der Waals surface area contributed by atoms with E-state index in [0.29, 0.717) is 11.2 Å². The summed E-state index contributed by atoms with van der Waals surface area (Å²) < 4.78 is 13.3. The molecule has 0 fully saturated rings. The molecule has 0 rings (SSSR count). The summed E-state index contributed by atoms with van der Waals surface area (Å²) in [6, 6.07) is 0. The van der Waals surface area contributed by atoms with Crippen LogP contribution < -0.4 is 0 Å². The van der Waals surface area contributed by atoms with Gasteiger partial charge in [0.05, 0.1) is 6.67 Å². The van der Waals surface area contributed by atoms with Gasteiger partial charge in [-0.2, -0.15) is 0 Å². The van der Waals surface area contributed by atoms with E-state index in [9.17, 15) is 4.39 Å². The summed E-state index contributed by atoms with van der Waals surface area (Å²) in [5.74, 6) is 0.708. The zero-order chi connectivity index (χ0) is 17.6. The van der Waals surface area contributed by atoms with Crippen LogP contribution >= 0.6 is 21.6 Å². The Balaban J connectivity index is 4.49. The number of hydrogen-bond donors (Lipinski definition) is 0. The third-order valence-electron chi connectivity index (χ3n) is 4.20. The Hall–Kier alpha value is 0.630. The first-order chi connectivity index (χ1) is 10.9. The first kappa shape index (κ1) is 23.6. The fourth-order valence-electron chi connectivity index (χ4n) is 2.86. The van der Waals surface area contributed by atoms with E-state index in [1.807, 2.05) is 21.6 Å². The Morgan fingerprint density at radius 1 is 0.783 bits per heavy atom. The van der Waals surface area contributed by atoms with E-state index < -0.39 is 0 Å². The minimum Gasteiger partial charge on any atom is -0.251 e. The standard InChI is InChI=1S/C20H41FS2/c1-6-8-10-12-14-18(15-13-11-9-7-2)19(16-17-21)22-23-20(3,4)5/h18-19H,6-17H2,1-5H3. The molecule has 0 bridgehead atoms. The number of alkyl halides is 1. The molecule has 0 aliphatic rings. The molecule has 0 saturated heterocycles. The highest BCUT2D eigenvalue weighted by Crippen LogP contribution is 2.43. The molecule has 0 nitrogen and oxygen atoms in total. The number of halogens is 1. The van der Waals surface area contributed by atoms with Gasteiger partial charge in [0, 0.05) is 10.00 Å². The van der Waals surface area contributed by atoms with Crippen LogP contribution in [0.1, 0.15) is 105 Å². The van der Waals surface area contributed by atoms with E-state index in [1.54, 1.807) is 0 Å². The van der Waals surface area contributed by atoms with Crippen LogP contribution in [0, 0.1) is 5.92 Å². The number of rotatable bonds is 15. The fraction of sp³-hybridized carbons (Fsp3) is 1.00. The minimum absolute atomic E-state index is 0.164. The van der Waals surface area contributed by atoms with Crippen LogP contribution in [0.25, 0.3) is 0 Å². The third-order valence-corrected chi connectivity index (χ3v) is 8.19. The molecule has 1 unspecified atom stereocenters. The van der Waals surface area contributed by atoms with Gasteiger partial charge < -0.3 is 0 Å². The van der Waals surface area contributed by atoms with Crippen molar-refractivity contribution < 1.29 is 4.39 Å². The van der Waals surface area contributed by atoms with Crippen molar-refractivity contribution in [3.05, 3.63) is 0 Å². The molecule has 23 heavy (non-hydrogen) atoms. The molecule has 0 heterocycles. The molecule has 1 atom stereocenters. The van der Waals surface area contributed by atoms with E-state index in [2.05, 4.69) is 34.6 Å². The molecule has 0 amide bonds. The molecule has 140 valence electrons. The number of hydrogen-bond acceptors (Lipinski definition) is 2. The Morgan fingerprint density at radius 3 is 1.70 bits per heavy atom. The maximum Gasteiger partial charge on any atom is 0.0905 e. The lowest BCUT2D eigenvalue weighted by atomic mass is 9.90. The van der Waals surface area contributed by atoms with Gasteiger partial charge in [-0.15, -0.1) is 0 Å². The second kappa shape index (κ2) is 14.9. The molecular formula is C20H41FS2. The van der Waals surface area contributed by atoms with Crippen LogP contribution in [0.15, 0.2) is 0 Å². The minimum atomic E-state index is -0.164. The first-order valence-electron chi connectivity index (χ1n) is 9.85. The summed E-state index contributed by atoms with van der Waals surface area (Å²) in [6.07, 6.45) is 14.0. The maximum atomic E-state index is 13.1. The summed E-state index contributed by atoms with van der Waals surface area (Å²) in [5.41, 5.74) is 0. The van der Waals surface area contributed by atoms with E-state index in [0.717, 1.165) is 6.42 Å². The van der Waals surface area contributed by atoms with Gasteiger partial charge in [0.1, 0.15) is 0 Å². The topological polar surface area (TPSA) is 0 Å². The van der Waals surface area contributed by atoms with Gasteiger partial charge in [0.25, 0.3) is 0 Å². The van der Waals surface area contributed by atoms with E-state index >= 15 is 0 Å². The van der Waals surface area contributed by atoms with Crippen molar-refractivity contribution in [2.24, 2.45) is 5.92 Å². The Labute approximate surface area is 153 Å². The largest absolute Gasteiger partial charge is 0.251 e. The summed E-state index contributed by atoms with van der Waals surface area (Å²) >= 11 is 0. The average Bonchev–Trinajstić information content (AvgIpc) is 2.49. The quantitative estimate of drug-likeness (QED) is 0.211. The van der Waals surface area contributed by atoms with Gasteiger partial charge >= 0.3 is 0 Å². The van der Waals surface area contributed by atoms with Crippen LogP contribution in [0.5, 0.6) is 0 Å². The molecule has 0 aromatic rings. The SMILES string of the molecule is CCCCCCC(CCCCCC)C(CCF)SSC(C)(C)C. The van der Waals surface area contributed by atoms with Crippen molar-refractivity contribution in [2.75, 3.05) is 6.67 Å². The Morgan fingerprint density at radius 2 is 1.30 bits per heavy atom. The highest BCUT2D eigenvalue weighted by molar-refractivity contribution is 8.77. The van der Waals surface area contributed by atoms with Gasteiger partial charge in [0.2, 0.25) is 0 Å². The first-order valence-corrected chi connectivity index (χ1v) is 12.1. The molecule has 0 N–H and O–H groups in total. The van der Waals surface area contributed by atoms with Gasteiger partial charge in [-0.1, -0.05) is 108 Å². The summed E-state index contributed by atoms with van der Waals surface area (Å²) in [4.78, 5) is 0. The number of unbranched alkanes of at least 4 members (excludes halogenated alkanes) is 6. The van der Waals surface area contributed by atoms with Crippen molar-refractivity contribution in [3.8, 4) is 0 Å². The van der Waals surface area contributed by atoms with E-state index in [-0.39, 0.29) is 11.4 Å². The van der Waals surface area contributed by atoms with Gasteiger partial charge in [-0.25, -0.2) is 0 Å². The third kappa shape index (κ3) is 14.7. The van der Waals surface area contributed by atoms with Crippen LogP contribution in [0.4, 0.5) is 4.39 Å². The highest BCUT2D eigenvalue weighted by Gasteiger charge is 2.24. The molecule has 0 aromatic heterocycles. The summed E-state index contributed by atoms with van der Waals surface area (Å²) in [6.45, 7) is 11.1. The van der Waals surface area contributed by atoms with Gasteiger partial charge in [0.15, 0.2) is 0 Å². The summed E-state index contributed by atoms with van der Waals surface area (Å²) in [5, 5.41) is 0.493. The molecule has 0 aliphatic carbocycles. The zero-order valence-corrected chi connectivity index (χ0v) is 18.0. The molecule has 0 aliphatic heterocycles. The van der Waals surface area contributed by atoms with E-state index in [4.69, 9.17) is 0 Å². The normalized spacial score (nSPS) is 13.7. The molecular weight excluding hydrogens is 323 g/mol. The van der Waals surface area contributed by atoms with Crippen LogP contribution in [-0.2, 0) is 0 Å². The second-order valence-corrected chi connectivity index (χ2v) is 11.0. The van der Waals surface area contributed by atoms with Crippen LogP contribution in [-0.4, -0.2) is 16.7 Å². The average molecular weight is 365 g/mol. The lowest BCUT2D eigenvalue weighted by Crippen LogP contribution is -2.19. The predicted octanol–water partition coefficient (Wildman–Crippen LogP) is 8.45. The van der Waals surface area contributed by atoms with Crippen LogP contribution in [0.2, 0.25) is 0 Å². The Bertz CT molecular complexity index is 239. The van der Waals surface area contributed by atoms with E-state index in [1.165, 1.54) is 64.2 Å². The smallest absolute Gasteiger partial charge is 0.0905 e. The molecule has 0 aromatic carbocycles. The van der Waals surface area contributed by atoms with Crippen molar-refractivity contribution in [2.45, 2.75) is 115 Å². The van der Waals surface area contributed by atoms with Crippen molar-refractivity contribution in [1.82, 2.24) is 0 Å². The van der Waals surface area contributed by atoms with Crippen molar-refractivity contribution >= 4 is 21.6 Å².